The van der Waals surface area contributed by atoms with Gasteiger partial charge in [-0.1, -0.05) is 0 Å². The Morgan fingerprint density at radius 3 is 2.85 bits per heavy atom. The molecule has 1 N–H and O–H groups in total. The summed E-state index contributed by atoms with van der Waals surface area (Å²) in [5, 5.41) is 7.33. The van der Waals surface area contributed by atoms with Gasteiger partial charge in [0.05, 0.1) is 0 Å². The first-order valence-corrected chi connectivity index (χ1v) is 9.57. The zero-order valence-electron chi connectivity index (χ0n) is 15.9. The highest BCUT2D eigenvalue weighted by molar-refractivity contribution is 5.92. The van der Waals surface area contributed by atoms with Crippen molar-refractivity contribution < 1.29 is 9.53 Å². The lowest BCUT2D eigenvalue weighted by Crippen LogP contribution is -2.37. The number of rotatable bonds is 4. The highest BCUT2D eigenvalue weighted by atomic mass is 16.5. The van der Waals surface area contributed by atoms with Gasteiger partial charge < -0.3 is 15.0 Å². The van der Waals surface area contributed by atoms with Crippen molar-refractivity contribution in [2.75, 3.05) is 31.2 Å². The summed E-state index contributed by atoms with van der Waals surface area (Å²) in [5.41, 5.74) is 2.53. The number of hydrogen-bond donors (Lipinski definition) is 1. The Morgan fingerprint density at radius 2 is 2.11 bits per heavy atom. The van der Waals surface area contributed by atoms with Crippen LogP contribution in [0.2, 0.25) is 0 Å². The van der Waals surface area contributed by atoms with Crippen LogP contribution in [0.15, 0.2) is 18.3 Å². The van der Waals surface area contributed by atoms with Crippen molar-refractivity contribution in [3.05, 3.63) is 35.4 Å². The van der Waals surface area contributed by atoms with Crippen molar-refractivity contribution >= 4 is 11.9 Å². The van der Waals surface area contributed by atoms with E-state index in [0.717, 1.165) is 62.9 Å². The number of aromatic nitrogens is 4. The van der Waals surface area contributed by atoms with E-state index in [2.05, 4.69) is 20.3 Å². The summed E-state index contributed by atoms with van der Waals surface area (Å²) in [6.45, 7) is 5.09. The number of nitrogens with one attached hydrogen (secondary N) is 1. The van der Waals surface area contributed by atoms with E-state index in [9.17, 15) is 4.79 Å². The van der Waals surface area contributed by atoms with E-state index < -0.39 is 0 Å². The molecule has 0 radical (unpaired) electrons. The van der Waals surface area contributed by atoms with Gasteiger partial charge in [0.1, 0.15) is 5.69 Å². The lowest BCUT2D eigenvalue weighted by Gasteiger charge is -2.23. The number of anilines is 1. The third-order valence-corrected chi connectivity index (χ3v) is 5.46. The Hall–Kier alpha value is -2.48. The Labute approximate surface area is 158 Å². The van der Waals surface area contributed by atoms with Crippen LogP contribution in [0.3, 0.4) is 0 Å². The molecule has 4 heterocycles. The summed E-state index contributed by atoms with van der Waals surface area (Å²) in [7, 11) is 1.84. The van der Waals surface area contributed by atoms with Crippen molar-refractivity contribution in [2.45, 2.75) is 38.1 Å². The lowest BCUT2D eigenvalue weighted by molar-refractivity contribution is 0.0845. The fourth-order valence-electron chi connectivity index (χ4n) is 3.73. The van der Waals surface area contributed by atoms with Crippen LogP contribution in [0.1, 0.15) is 47.1 Å². The van der Waals surface area contributed by atoms with Gasteiger partial charge in [-0.25, -0.2) is 9.97 Å². The zero-order valence-corrected chi connectivity index (χ0v) is 15.9. The van der Waals surface area contributed by atoms with Crippen molar-refractivity contribution in [3.63, 3.8) is 0 Å². The molecule has 2 aliphatic rings. The minimum Gasteiger partial charge on any atom is -0.381 e. The monoisotopic (exact) mass is 370 g/mol. The molecule has 8 heteroatoms. The quantitative estimate of drug-likeness (QED) is 0.876. The van der Waals surface area contributed by atoms with Crippen molar-refractivity contribution in [3.8, 4) is 0 Å². The molecule has 27 heavy (non-hydrogen) atoms. The van der Waals surface area contributed by atoms with E-state index in [1.54, 1.807) is 4.68 Å². The molecular formula is C19H26N6O2. The average Bonchev–Trinajstić information content (AvgIpc) is 3.29. The molecule has 2 saturated heterocycles. The molecule has 0 aliphatic carbocycles. The largest absolute Gasteiger partial charge is 0.381 e. The lowest BCUT2D eigenvalue weighted by atomic mass is 9.96. The van der Waals surface area contributed by atoms with Gasteiger partial charge in [0.2, 0.25) is 5.95 Å². The maximum atomic E-state index is 12.4. The van der Waals surface area contributed by atoms with Gasteiger partial charge in [0.15, 0.2) is 0 Å². The van der Waals surface area contributed by atoms with Crippen LogP contribution in [0.4, 0.5) is 5.95 Å². The summed E-state index contributed by atoms with van der Waals surface area (Å²) in [6.07, 6.45) is 4.75. The van der Waals surface area contributed by atoms with E-state index in [0.29, 0.717) is 11.6 Å². The van der Waals surface area contributed by atoms with Crippen molar-refractivity contribution in [2.24, 2.45) is 7.05 Å². The SMILES string of the molecule is Cc1cc(C(=O)NC2CCN(c3nccc(C4CCOCC4)n3)C2)nn1C. The minimum absolute atomic E-state index is 0.0788. The van der Waals surface area contributed by atoms with E-state index >= 15 is 0 Å². The highest BCUT2D eigenvalue weighted by Gasteiger charge is 2.27. The number of nitrogens with zero attached hydrogens (tertiary/aromatic N) is 5. The second-order valence-corrected chi connectivity index (χ2v) is 7.37. The number of aryl methyl sites for hydroxylation is 2. The zero-order chi connectivity index (χ0) is 18.8. The molecule has 0 bridgehead atoms. The molecule has 2 aliphatic heterocycles. The van der Waals surface area contributed by atoms with Crippen LogP contribution in [0, 0.1) is 6.92 Å². The Kier molecular flexibility index (Phi) is 5.07. The van der Waals surface area contributed by atoms with Crippen LogP contribution < -0.4 is 10.2 Å². The van der Waals surface area contributed by atoms with Gasteiger partial charge in [-0.05, 0) is 38.3 Å². The first-order valence-electron chi connectivity index (χ1n) is 9.57. The second kappa shape index (κ2) is 7.64. The van der Waals surface area contributed by atoms with Crippen LogP contribution in [0.5, 0.6) is 0 Å². The van der Waals surface area contributed by atoms with Crippen molar-refractivity contribution in [1.82, 2.24) is 25.1 Å². The first kappa shape index (κ1) is 17.9. The van der Waals surface area contributed by atoms with E-state index in [-0.39, 0.29) is 11.9 Å². The average molecular weight is 370 g/mol. The molecule has 2 aromatic heterocycles. The van der Waals surface area contributed by atoms with Crippen LogP contribution in [0.25, 0.3) is 0 Å². The highest BCUT2D eigenvalue weighted by Crippen LogP contribution is 2.26. The Balaban J connectivity index is 1.38. The third-order valence-electron chi connectivity index (χ3n) is 5.46. The molecule has 0 spiro atoms. The van der Waals surface area contributed by atoms with Crippen LogP contribution in [-0.4, -0.2) is 58.0 Å². The van der Waals surface area contributed by atoms with E-state index in [1.807, 2.05) is 32.3 Å². The van der Waals surface area contributed by atoms with Gasteiger partial charge in [0.25, 0.3) is 5.91 Å². The Bertz CT molecular complexity index is 795. The molecule has 1 atom stereocenters. The number of ether oxygens (including phenoxy) is 1. The molecule has 2 aromatic rings. The molecule has 1 amide bonds. The number of amides is 1. The molecule has 2 fully saturated rings. The number of carbonyl (C=O) groups is 1. The first-order chi connectivity index (χ1) is 13.1. The molecule has 0 aromatic carbocycles. The minimum atomic E-state index is -0.123. The maximum Gasteiger partial charge on any atom is 0.272 e. The van der Waals surface area contributed by atoms with Gasteiger partial charge >= 0.3 is 0 Å². The van der Waals surface area contributed by atoms with Gasteiger partial charge in [-0.3, -0.25) is 9.48 Å². The fourth-order valence-corrected chi connectivity index (χ4v) is 3.73. The van der Waals surface area contributed by atoms with Crippen molar-refractivity contribution in [1.29, 1.82) is 0 Å². The van der Waals surface area contributed by atoms with Gasteiger partial charge in [-0.15, -0.1) is 0 Å². The Morgan fingerprint density at radius 1 is 1.30 bits per heavy atom. The molecule has 8 nitrogen and oxygen atoms in total. The predicted octanol–water partition coefficient (Wildman–Crippen LogP) is 1.42. The van der Waals surface area contributed by atoms with Crippen LogP contribution in [-0.2, 0) is 11.8 Å². The summed E-state index contributed by atoms with van der Waals surface area (Å²) in [5.74, 6) is 1.08. The van der Waals surface area contributed by atoms with Gasteiger partial charge in [0, 0.05) is 62.9 Å². The second-order valence-electron chi connectivity index (χ2n) is 7.37. The number of hydrogen-bond acceptors (Lipinski definition) is 6. The molecule has 1 unspecified atom stereocenters. The fraction of sp³-hybridized carbons (Fsp3) is 0.579. The smallest absolute Gasteiger partial charge is 0.272 e. The summed E-state index contributed by atoms with van der Waals surface area (Å²) in [4.78, 5) is 23.8. The summed E-state index contributed by atoms with van der Waals surface area (Å²) >= 11 is 0. The predicted molar refractivity (Wildman–Crippen MR) is 101 cm³/mol. The normalized spacial score (nSPS) is 20.8. The third kappa shape index (κ3) is 3.95. The standard InChI is InChI=1S/C19H26N6O2/c1-13-11-17(23-24(13)2)18(26)21-15-4-8-25(12-15)19-20-7-3-16(22-19)14-5-9-27-10-6-14/h3,7,11,14-15H,4-6,8-10,12H2,1-2H3,(H,21,26). The van der Waals surface area contributed by atoms with Crippen LogP contribution >= 0.6 is 0 Å². The topological polar surface area (TPSA) is 85.2 Å². The molecular weight excluding hydrogens is 344 g/mol. The van der Waals surface area contributed by atoms with E-state index in [1.165, 1.54) is 0 Å². The summed E-state index contributed by atoms with van der Waals surface area (Å²) in [6, 6.07) is 3.90. The molecule has 144 valence electrons. The summed E-state index contributed by atoms with van der Waals surface area (Å²) < 4.78 is 7.16. The number of carbonyl (C=O) groups excluding carboxylic acids is 1. The molecule has 4 rings (SSSR count). The maximum absolute atomic E-state index is 12.4. The van der Waals surface area contributed by atoms with E-state index in [4.69, 9.17) is 9.72 Å². The van der Waals surface area contributed by atoms with Gasteiger partial charge in [-0.2, -0.15) is 5.10 Å². The molecule has 0 saturated carbocycles.